The lowest BCUT2D eigenvalue weighted by molar-refractivity contribution is 0.354. The van der Waals surface area contributed by atoms with Crippen molar-refractivity contribution in [2.45, 2.75) is 0 Å². The number of benzene rings is 2. The van der Waals surface area contributed by atoms with E-state index in [0.717, 1.165) is 0 Å². The highest BCUT2D eigenvalue weighted by Crippen LogP contribution is 2.31. The zero-order chi connectivity index (χ0) is 18.0. The lowest BCUT2D eigenvalue weighted by Gasteiger charge is -2.12. The van der Waals surface area contributed by atoms with Crippen LogP contribution in [-0.4, -0.2) is 38.2 Å². The zero-order valence-electron chi connectivity index (χ0n) is 14.4. The number of aromatic nitrogens is 2. The molecule has 0 aliphatic rings. The molecule has 0 atom stereocenters. The maximum Gasteiger partial charge on any atom is 0.279 e. The average molecular weight is 342 g/mol. The second-order valence-corrected chi connectivity index (χ2v) is 5.20. The summed E-state index contributed by atoms with van der Waals surface area (Å²) < 4.78 is 22.4. The first-order valence-electron chi connectivity index (χ1n) is 7.49. The number of hydrogen-bond acceptors (Lipinski definition) is 6. The van der Waals surface area contributed by atoms with Crippen LogP contribution in [0, 0.1) is 0 Å². The van der Waals surface area contributed by atoms with Crippen LogP contribution < -0.4 is 24.5 Å². The Labute approximate surface area is 144 Å². The lowest BCUT2D eigenvalue weighted by Crippen LogP contribution is -2.21. The molecule has 0 N–H and O–H groups in total. The van der Waals surface area contributed by atoms with Crippen molar-refractivity contribution in [3.05, 3.63) is 46.9 Å². The molecule has 1 heterocycles. The Morgan fingerprint density at radius 1 is 0.800 bits per heavy atom. The summed E-state index contributed by atoms with van der Waals surface area (Å²) in [6.45, 7) is 0. The molecular weight excluding hydrogens is 324 g/mol. The molecule has 2 aromatic carbocycles. The second-order valence-electron chi connectivity index (χ2n) is 5.20. The molecule has 0 bridgehead atoms. The first kappa shape index (κ1) is 16.6. The van der Waals surface area contributed by atoms with Crippen molar-refractivity contribution in [1.29, 1.82) is 0 Å². The van der Waals surface area contributed by atoms with Gasteiger partial charge in [0.15, 0.2) is 23.0 Å². The largest absolute Gasteiger partial charge is 0.493 e. The van der Waals surface area contributed by atoms with Gasteiger partial charge in [0, 0.05) is 11.5 Å². The summed E-state index contributed by atoms with van der Waals surface area (Å²) in [7, 11) is 6.16. The predicted octanol–water partition coefficient (Wildman–Crippen LogP) is 2.42. The van der Waals surface area contributed by atoms with E-state index >= 15 is 0 Å². The third kappa shape index (κ3) is 2.84. The fourth-order valence-corrected chi connectivity index (χ4v) is 2.61. The van der Waals surface area contributed by atoms with E-state index in [4.69, 9.17) is 18.9 Å². The molecule has 3 aromatic rings. The van der Waals surface area contributed by atoms with E-state index in [1.807, 2.05) is 0 Å². The van der Waals surface area contributed by atoms with Gasteiger partial charge in [0.25, 0.3) is 5.56 Å². The molecule has 0 aliphatic heterocycles. The van der Waals surface area contributed by atoms with Gasteiger partial charge in [-0.1, -0.05) is 0 Å². The average Bonchev–Trinajstić information content (AvgIpc) is 2.66. The first-order chi connectivity index (χ1) is 12.1. The van der Waals surface area contributed by atoms with Crippen LogP contribution in [0.1, 0.15) is 0 Å². The fraction of sp³-hybridized carbons (Fsp3) is 0.222. The van der Waals surface area contributed by atoms with Gasteiger partial charge in [0.05, 0.1) is 45.7 Å². The summed E-state index contributed by atoms with van der Waals surface area (Å²) in [4.78, 5) is 12.9. The number of ether oxygens (including phenoxy) is 4. The maximum absolute atomic E-state index is 12.9. The van der Waals surface area contributed by atoms with Crippen LogP contribution in [0.25, 0.3) is 16.5 Å². The van der Waals surface area contributed by atoms with Crippen LogP contribution in [0.2, 0.25) is 0 Å². The highest BCUT2D eigenvalue weighted by Gasteiger charge is 2.13. The number of rotatable bonds is 5. The molecule has 0 spiro atoms. The van der Waals surface area contributed by atoms with E-state index in [0.29, 0.717) is 39.5 Å². The second kappa shape index (κ2) is 6.72. The minimum absolute atomic E-state index is 0.273. The van der Waals surface area contributed by atoms with Crippen molar-refractivity contribution in [3.8, 4) is 28.7 Å². The van der Waals surface area contributed by atoms with Crippen LogP contribution in [0.4, 0.5) is 0 Å². The van der Waals surface area contributed by atoms with Crippen molar-refractivity contribution < 1.29 is 18.9 Å². The van der Waals surface area contributed by atoms with E-state index in [-0.39, 0.29) is 5.56 Å². The van der Waals surface area contributed by atoms with E-state index in [2.05, 4.69) is 5.10 Å². The molecule has 0 unspecified atom stereocenters. The van der Waals surface area contributed by atoms with Gasteiger partial charge in [-0.2, -0.15) is 9.78 Å². The number of methoxy groups -OCH3 is 4. The van der Waals surface area contributed by atoms with Crippen molar-refractivity contribution in [1.82, 2.24) is 9.78 Å². The number of hydrogen-bond donors (Lipinski definition) is 0. The third-order valence-corrected chi connectivity index (χ3v) is 3.90. The molecule has 130 valence electrons. The molecule has 0 saturated carbocycles. The highest BCUT2D eigenvalue weighted by molar-refractivity contribution is 5.84. The van der Waals surface area contributed by atoms with E-state index in [1.54, 1.807) is 50.7 Å². The summed E-state index contributed by atoms with van der Waals surface area (Å²) in [6.07, 6.45) is 1.61. The van der Waals surface area contributed by atoms with Crippen molar-refractivity contribution in [3.63, 3.8) is 0 Å². The summed E-state index contributed by atoms with van der Waals surface area (Å²) in [5, 5.41) is 5.39. The molecule has 0 saturated heterocycles. The minimum atomic E-state index is -0.273. The minimum Gasteiger partial charge on any atom is -0.493 e. The van der Waals surface area contributed by atoms with Crippen LogP contribution >= 0.6 is 0 Å². The van der Waals surface area contributed by atoms with Crippen LogP contribution in [-0.2, 0) is 0 Å². The smallest absolute Gasteiger partial charge is 0.279 e. The molecule has 7 heteroatoms. The van der Waals surface area contributed by atoms with Gasteiger partial charge in [-0.05, 0) is 24.3 Å². The van der Waals surface area contributed by atoms with Gasteiger partial charge >= 0.3 is 0 Å². The molecule has 1 aromatic heterocycles. The quantitative estimate of drug-likeness (QED) is 0.709. The van der Waals surface area contributed by atoms with Gasteiger partial charge in [-0.15, -0.1) is 0 Å². The normalized spacial score (nSPS) is 10.6. The van der Waals surface area contributed by atoms with Crippen molar-refractivity contribution in [2.24, 2.45) is 0 Å². The van der Waals surface area contributed by atoms with Crippen LogP contribution in [0.5, 0.6) is 23.0 Å². The molecular formula is C18H18N2O5. The Hall–Kier alpha value is -3.22. The van der Waals surface area contributed by atoms with Gasteiger partial charge in [-0.3, -0.25) is 4.79 Å². The van der Waals surface area contributed by atoms with Gasteiger partial charge in [0.1, 0.15) is 0 Å². The molecule has 0 radical (unpaired) electrons. The Kier molecular flexibility index (Phi) is 4.47. The van der Waals surface area contributed by atoms with Gasteiger partial charge < -0.3 is 18.9 Å². The maximum atomic E-state index is 12.9. The van der Waals surface area contributed by atoms with E-state index in [1.165, 1.54) is 18.9 Å². The SMILES string of the molecule is COc1ccc(-n2ncc3cc(OC)c(OC)cc3c2=O)cc1OC. The van der Waals surface area contributed by atoms with Crippen LogP contribution in [0.15, 0.2) is 41.3 Å². The van der Waals surface area contributed by atoms with E-state index < -0.39 is 0 Å². The number of nitrogens with zero attached hydrogens (tertiary/aromatic N) is 2. The zero-order valence-corrected chi connectivity index (χ0v) is 14.4. The summed E-state index contributed by atoms with van der Waals surface area (Å²) in [6, 6.07) is 8.53. The molecule has 0 amide bonds. The van der Waals surface area contributed by atoms with Crippen molar-refractivity contribution >= 4 is 10.8 Å². The molecule has 0 fully saturated rings. The summed E-state index contributed by atoms with van der Waals surface area (Å²) >= 11 is 0. The molecule has 3 rings (SSSR count). The third-order valence-electron chi connectivity index (χ3n) is 3.90. The molecule has 7 nitrogen and oxygen atoms in total. The van der Waals surface area contributed by atoms with Gasteiger partial charge in [0.2, 0.25) is 0 Å². The summed E-state index contributed by atoms with van der Waals surface area (Å²) in [5.41, 5.74) is 0.296. The Morgan fingerprint density at radius 3 is 2.04 bits per heavy atom. The fourth-order valence-electron chi connectivity index (χ4n) is 2.61. The lowest BCUT2D eigenvalue weighted by atomic mass is 10.1. The Bertz CT molecular complexity index is 981. The Morgan fingerprint density at radius 2 is 1.40 bits per heavy atom. The summed E-state index contributed by atoms with van der Waals surface area (Å²) in [5.74, 6) is 2.12. The standard InChI is InChI=1S/C18H18N2O5/c1-22-14-6-5-12(8-16(14)24-3)20-18(21)13-9-17(25-4)15(23-2)7-11(13)10-19-20/h5-10H,1-4H3. The van der Waals surface area contributed by atoms with Crippen LogP contribution in [0.3, 0.4) is 0 Å². The van der Waals surface area contributed by atoms with Gasteiger partial charge in [-0.25, -0.2) is 0 Å². The number of fused-ring (bicyclic) bond motifs is 1. The molecule has 25 heavy (non-hydrogen) atoms. The first-order valence-corrected chi connectivity index (χ1v) is 7.49. The van der Waals surface area contributed by atoms with E-state index in [9.17, 15) is 4.79 Å². The molecule has 0 aliphatic carbocycles. The predicted molar refractivity (Wildman–Crippen MR) is 93.5 cm³/mol. The topological polar surface area (TPSA) is 71.8 Å². The van der Waals surface area contributed by atoms with Crippen molar-refractivity contribution in [2.75, 3.05) is 28.4 Å². The highest BCUT2D eigenvalue weighted by atomic mass is 16.5. The monoisotopic (exact) mass is 342 g/mol. The Balaban J connectivity index is 2.21.